The fourth-order valence-corrected chi connectivity index (χ4v) is 1.56. The van der Waals surface area contributed by atoms with E-state index in [0.717, 1.165) is 5.56 Å². The number of hydrogen-bond acceptors (Lipinski definition) is 2. The van der Waals surface area contributed by atoms with Crippen LogP contribution in [0.2, 0.25) is 0 Å². The summed E-state index contributed by atoms with van der Waals surface area (Å²) in [4.78, 5) is 0. The third kappa shape index (κ3) is 2.30. The van der Waals surface area contributed by atoms with E-state index in [9.17, 15) is 4.39 Å². The van der Waals surface area contributed by atoms with E-state index in [2.05, 4.69) is 5.10 Å². The van der Waals surface area contributed by atoms with Crippen LogP contribution in [0.1, 0.15) is 20.8 Å². The van der Waals surface area contributed by atoms with Gasteiger partial charge in [0.1, 0.15) is 11.5 Å². The summed E-state index contributed by atoms with van der Waals surface area (Å²) in [6.45, 7) is 6.15. The largest absolute Gasteiger partial charge is 0.396 e. The Labute approximate surface area is 100 Å². The molecule has 0 radical (unpaired) electrons. The van der Waals surface area contributed by atoms with E-state index in [1.807, 2.05) is 25.5 Å². The van der Waals surface area contributed by atoms with Gasteiger partial charge in [0.2, 0.25) is 0 Å². The van der Waals surface area contributed by atoms with Crippen LogP contribution < -0.4 is 5.73 Å². The first kappa shape index (κ1) is 11.6. The molecule has 17 heavy (non-hydrogen) atoms. The van der Waals surface area contributed by atoms with Crippen LogP contribution in [0.15, 0.2) is 30.5 Å². The van der Waals surface area contributed by atoms with Crippen molar-refractivity contribution in [1.29, 1.82) is 0 Å². The Bertz CT molecular complexity index is 521. The highest BCUT2D eigenvalue weighted by atomic mass is 19.1. The van der Waals surface area contributed by atoms with E-state index in [4.69, 9.17) is 5.73 Å². The van der Waals surface area contributed by atoms with E-state index >= 15 is 0 Å². The number of rotatable bonds is 1. The second kappa shape index (κ2) is 3.87. The van der Waals surface area contributed by atoms with Crippen molar-refractivity contribution in [3.05, 3.63) is 36.3 Å². The third-order valence-electron chi connectivity index (χ3n) is 2.55. The number of nitrogens with two attached hydrogens (primary N) is 1. The van der Waals surface area contributed by atoms with E-state index < -0.39 is 0 Å². The number of benzene rings is 1. The minimum Gasteiger partial charge on any atom is -0.396 e. The maximum absolute atomic E-state index is 12.8. The molecule has 0 atom stereocenters. The molecule has 1 aromatic heterocycles. The first-order valence-electron chi connectivity index (χ1n) is 5.49. The van der Waals surface area contributed by atoms with Crippen molar-refractivity contribution in [2.24, 2.45) is 0 Å². The second-order valence-electron chi connectivity index (χ2n) is 5.06. The summed E-state index contributed by atoms with van der Waals surface area (Å²) >= 11 is 0. The van der Waals surface area contributed by atoms with Gasteiger partial charge in [-0.05, 0) is 45.0 Å². The summed E-state index contributed by atoms with van der Waals surface area (Å²) in [6.07, 6.45) is 1.80. The van der Waals surface area contributed by atoms with Gasteiger partial charge in [-0.2, -0.15) is 5.10 Å². The van der Waals surface area contributed by atoms with Crippen LogP contribution in [-0.4, -0.2) is 9.78 Å². The van der Waals surface area contributed by atoms with Crippen LogP contribution in [-0.2, 0) is 5.54 Å². The summed E-state index contributed by atoms with van der Waals surface area (Å²) in [5, 5.41) is 4.45. The van der Waals surface area contributed by atoms with Crippen LogP contribution >= 0.6 is 0 Å². The van der Waals surface area contributed by atoms with Crippen molar-refractivity contribution in [3.8, 4) is 11.3 Å². The molecule has 0 saturated carbocycles. The molecular weight excluding hydrogens is 217 g/mol. The molecule has 2 N–H and O–H groups in total. The number of aromatic nitrogens is 2. The molecule has 0 aliphatic rings. The minimum atomic E-state index is -0.262. The molecule has 3 nitrogen and oxygen atoms in total. The maximum Gasteiger partial charge on any atom is 0.123 e. The molecule has 1 heterocycles. The lowest BCUT2D eigenvalue weighted by Gasteiger charge is -2.18. The Hall–Kier alpha value is -1.84. The van der Waals surface area contributed by atoms with Gasteiger partial charge in [-0.3, -0.25) is 4.68 Å². The highest BCUT2D eigenvalue weighted by Crippen LogP contribution is 2.26. The number of halogens is 1. The highest BCUT2D eigenvalue weighted by Gasteiger charge is 2.17. The molecule has 4 heteroatoms. The summed E-state index contributed by atoms with van der Waals surface area (Å²) in [6, 6.07) is 6.18. The number of nitrogen functional groups attached to an aromatic ring is 1. The summed E-state index contributed by atoms with van der Waals surface area (Å²) < 4.78 is 14.7. The Morgan fingerprint density at radius 1 is 1.18 bits per heavy atom. The Balaban J connectivity index is 2.46. The van der Waals surface area contributed by atoms with Gasteiger partial charge in [0.25, 0.3) is 0 Å². The number of hydrogen-bond donors (Lipinski definition) is 1. The van der Waals surface area contributed by atoms with Gasteiger partial charge in [0.05, 0.1) is 11.2 Å². The lowest BCUT2D eigenvalue weighted by molar-refractivity contribution is 0.356. The van der Waals surface area contributed by atoms with Crippen molar-refractivity contribution in [2.45, 2.75) is 26.3 Å². The average Bonchev–Trinajstić information content (AvgIpc) is 2.61. The van der Waals surface area contributed by atoms with Crippen LogP contribution in [0.5, 0.6) is 0 Å². The Morgan fingerprint density at radius 2 is 1.76 bits per heavy atom. The standard InChI is InChI=1S/C13H16FN3/c1-13(2,3)17-8-11(15)12(16-17)9-4-6-10(14)7-5-9/h4-8H,15H2,1-3H3. The molecule has 0 aliphatic carbocycles. The van der Waals surface area contributed by atoms with E-state index in [0.29, 0.717) is 11.4 Å². The molecule has 0 aliphatic heterocycles. The molecule has 90 valence electrons. The molecule has 2 rings (SSSR count). The molecule has 0 saturated heterocycles. The van der Waals surface area contributed by atoms with Crippen LogP contribution in [0, 0.1) is 5.82 Å². The van der Waals surface area contributed by atoms with E-state index in [1.54, 1.807) is 18.3 Å². The van der Waals surface area contributed by atoms with Crippen molar-refractivity contribution in [1.82, 2.24) is 9.78 Å². The van der Waals surface area contributed by atoms with Gasteiger partial charge < -0.3 is 5.73 Å². The van der Waals surface area contributed by atoms with Crippen molar-refractivity contribution < 1.29 is 4.39 Å². The molecule has 1 aromatic carbocycles. The lowest BCUT2D eigenvalue weighted by atomic mass is 10.1. The fraction of sp³-hybridized carbons (Fsp3) is 0.308. The zero-order valence-electron chi connectivity index (χ0n) is 10.2. The third-order valence-corrected chi connectivity index (χ3v) is 2.55. The second-order valence-corrected chi connectivity index (χ2v) is 5.06. The van der Waals surface area contributed by atoms with E-state index in [1.165, 1.54) is 12.1 Å². The fourth-order valence-electron chi connectivity index (χ4n) is 1.56. The molecule has 0 amide bonds. The zero-order chi connectivity index (χ0) is 12.6. The van der Waals surface area contributed by atoms with Crippen molar-refractivity contribution in [2.75, 3.05) is 5.73 Å². The van der Waals surface area contributed by atoms with Gasteiger partial charge in [-0.15, -0.1) is 0 Å². The minimum absolute atomic E-state index is 0.119. The average molecular weight is 233 g/mol. The van der Waals surface area contributed by atoms with Crippen LogP contribution in [0.3, 0.4) is 0 Å². The lowest BCUT2D eigenvalue weighted by Crippen LogP contribution is -2.22. The van der Waals surface area contributed by atoms with Crippen LogP contribution in [0.25, 0.3) is 11.3 Å². The number of anilines is 1. The van der Waals surface area contributed by atoms with Gasteiger partial charge >= 0.3 is 0 Å². The van der Waals surface area contributed by atoms with Crippen LogP contribution in [0.4, 0.5) is 10.1 Å². The first-order valence-corrected chi connectivity index (χ1v) is 5.49. The predicted molar refractivity (Wildman–Crippen MR) is 67.0 cm³/mol. The SMILES string of the molecule is CC(C)(C)n1cc(N)c(-c2ccc(F)cc2)n1. The first-order chi connectivity index (χ1) is 7.88. The Morgan fingerprint density at radius 3 is 2.24 bits per heavy atom. The van der Waals surface area contributed by atoms with Gasteiger partial charge in [-0.25, -0.2) is 4.39 Å². The van der Waals surface area contributed by atoms with Gasteiger partial charge in [0.15, 0.2) is 0 Å². The van der Waals surface area contributed by atoms with E-state index in [-0.39, 0.29) is 11.4 Å². The quantitative estimate of drug-likeness (QED) is 0.822. The molecule has 0 bridgehead atoms. The normalized spacial score (nSPS) is 11.8. The molecule has 0 unspecified atom stereocenters. The smallest absolute Gasteiger partial charge is 0.123 e. The van der Waals surface area contributed by atoms with Gasteiger partial charge in [0, 0.05) is 11.8 Å². The van der Waals surface area contributed by atoms with Gasteiger partial charge in [-0.1, -0.05) is 0 Å². The maximum atomic E-state index is 12.8. The summed E-state index contributed by atoms with van der Waals surface area (Å²) in [5.74, 6) is -0.262. The number of nitrogens with zero attached hydrogens (tertiary/aromatic N) is 2. The molecule has 2 aromatic rings. The molecular formula is C13H16FN3. The Kier molecular flexibility index (Phi) is 2.65. The zero-order valence-corrected chi connectivity index (χ0v) is 10.2. The molecule has 0 spiro atoms. The summed E-state index contributed by atoms with van der Waals surface area (Å²) in [7, 11) is 0. The summed E-state index contributed by atoms with van der Waals surface area (Å²) in [5.41, 5.74) is 7.94. The van der Waals surface area contributed by atoms with Crippen molar-refractivity contribution in [3.63, 3.8) is 0 Å². The monoisotopic (exact) mass is 233 g/mol. The predicted octanol–water partition coefficient (Wildman–Crippen LogP) is 3.03. The molecule has 0 fully saturated rings. The topological polar surface area (TPSA) is 43.8 Å². The van der Waals surface area contributed by atoms with Crippen molar-refractivity contribution >= 4 is 5.69 Å². The highest BCUT2D eigenvalue weighted by molar-refractivity contribution is 5.71.